The highest BCUT2D eigenvalue weighted by atomic mass is 15.4. The third-order valence-electron chi connectivity index (χ3n) is 2.79. The average molecular weight is 218 g/mol. The number of nitrogens with one attached hydrogen (secondary N) is 1. The molecule has 2 heterocycles. The van der Waals surface area contributed by atoms with E-state index in [1.54, 1.807) is 0 Å². The molecule has 0 aliphatic carbocycles. The van der Waals surface area contributed by atoms with Gasteiger partial charge in [0.1, 0.15) is 0 Å². The first-order valence-corrected chi connectivity index (χ1v) is 5.62. The third-order valence-corrected chi connectivity index (χ3v) is 2.79. The summed E-state index contributed by atoms with van der Waals surface area (Å²) in [4.78, 5) is 0. The monoisotopic (exact) mass is 218 g/mol. The topological polar surface area (TPSA) is 34.8 Å². The van der Waals surface area contributed by atoms with Crippen LogP contribution in [0.15, 0.2) is 24.4 Å². The fourth-order valence-corrected chi connectivity index (χ4v) is 1.87. The minimum atomic E-state index is 0.796. The molecule has 86 valence electrons. The van der Waals surface area contributed by atoms with Gasteiger partial charge < -0.3 is 5.43 Å². The van der Waals surface area contributed by atoms with E-state index >= 15 is 0 Å². The molecule has 4 nitrogen and oxygen atoms in total. The molecule has 4 heteroatoms. The Morgan fingerprint density at radius 3 is 2.50 bits per heavy atom. The van der Waals surface area contributed by atoms with Crippen molar-refractivity contribution < 1.29 is 0 Å². The van der Waals surface area contributed by atoms with Crippen LogP contribution in [0, 0.1) is 13.8 Å². The summed E-state index contributed by atoms with van der Waals surface area (Å²) < 4.78 is 4.11. The van der Waals surface area contributed by atoms with Crippen LogP contribution in [0.25, 0.3) is 0 Å². The number of nitrogens with zero attached hydrogens (tertiary/aromatic N) is 3. The van der Waals surface area contributed by atoms with Crippen LogP contribution < -0.4 is 5.43 Å². The minimum absolute atomic E-state index is 0.796. The Hall–Kier alpha value is -1.71. The van der Waals surface area contributed by atoms with Gasteiger partial charge in [-0.15, -0.1) is 0 Å². The van der Waals surface area contributed by atoms with E-state index in [0.717, 1.165) is 13.1 Å². The zero-order valence-corrected chi connectivity index (χ0v) is 10.1. The van der Waals surface area contributed by atoms with Crippen molar-refractivity contribution in [3.8, 4) is 0 Å². The average Bonchev–Trinajstić information content (AvgIpc) is 2.84. The summed E-state index contributed by atoms with van der Waals surface area (Å²) in [7, 11) is 0. The largest absolute Gasteiger partial charge is 0.320 e. The van der Waals surface area contributed by atoms with Crippen LogP contribution in [0.3, 0.4) is 0 Å². The first-order valence-electron chi connectivity index (χ1n) is 5.62. The van der Waals surface area contributed by atoms with Gasteiger partial charge in [0.15, 0.2) is 0 Å². The molecule has 0 unspecified atom stereocenters. The second kappa shape index (κ2) is 4.43. The van der Waals surface area contributed by atoms with E-state index in [1.165, 1.54) is 17.1 Å². The standard InChI is InChI=1S/C12H18N4/c1-4-15-12(7-8-13-15)9-14-16-10(2)5-6-11(16)3/h5-8,14H,4,9H2,1-3H3. The molecular formula is C12H18N4. The van der Waals surface area contributed by atoms with Crippen molar-refractivity contribution in [3.63, 3.8) is 0 Å². The molecule has 0 aliphatic heterocycles. The van der Waals surface area contributed by atoms with Crippen molar-refractivity contribution in [3.05, 3.63) is 41.5 Å². The molecule has 0 radical (unpaired) electrons. The molecule has 0 amide bonds. The summed E-state index contributed by atoms with van der Waals surface area (Å²) in [5.74, 6) is 0. The van der Waals surface area contributed by atoms with Gasteiger partial charge >= 0.3 is 0 Å². The minimum Gasteiger partial charge on any atom is -0.320 e. The highest BCUT2D eigenvalue weighted by Gasteiger charge is 2.03. The van der Waals surface area contributed by atoms with Crippen LogP contribution in [0.5, 0.6) is 0 Å². The highest BCUT2D eigenvalue weighted by molar-refractivity contribution is 5.16. The molecule has 2 aromatic rings. The first-order chi connectivity index (χ1) is 7.72. The van der Waals surface area contributed by atoms with Crippen molar-refractivity contribution in [1.29, 1.82) is 0 Å². The van der Waals surface area contributed by atoms with Gasteiger partial charge in [-0.1, -0.05) is 0 Å². The van der Waals surface area contributed by atoms with Crippen LogP contribution in [0.2, 0.25) is 0 Å². The van der Waals surface area contributed by atoms with Crippen LogP contribution in [-0.4, -0.2) is 14.5 Å². The molecule has 0 saturated carbocycles. The number of hydrogen-bond donors (Lipinski definition) is 1. The van der Waals surface area contributed by atoms with Crippen molar-refractivity contribution in [2.75, 3.05) is 5.43 Å². The quantitative estimate of drug-likeness (QED) is 0.852. The molecule has 2 rings (SSSR count). The van der Waals surface area contributed by atoms with E-state index in [-0.39, 0.29) is 0 Å². The lowest BCUT2D eigenvalue weighted by Crippen LogP contribution is -2.19. The molecule has 0 saturated heterocycles. The summed E-state index contributed by atoms with van der Waals surface area (Å²) in [5.41, 5.74) is 7.04. The summed E-state index contributed by atoms with van der Waals surface area (Å²) >= 11 is 0. The summed E-state index contributed by atoms with van der Waals surface area (Å²) in [6.07, 6.45) is 1.84. The van der Waals surface area contributed by atoms with Crippen LogP contribution in [0.1, 0.15) is 24.0 Å². The lowest BCUT2D eigenvalue weighted by Gasteiger charge is -2.13. The summed E-state index contributed by atoms with van der Waals surface area (Å²) in [6, 6.07) is 6.27. The van der Waals surface area contributed by atoms with Crippen LogP contribution >= 0.6 is 0 Å². The molecule has 2 aromatic heterocycles. The predicted molar refractivity (Wildman–Crippen MR) is 64.9 cm³/mol. The van der Waals surface area contributed by atoms with Gasteiger partial charge in [-0.3, -0.25) is 9.36 Å². The SMILES string of the molecule is CCn1nccc1CNn1c(C)ccc1C. The smallest absolute Gasteiger partial charge is 0.0733 e. The van der Waals surface area contributed by atoms with Crippen molar-refractivity contribution in [2.45, 2.75) is 33.9 Å². The maximum Gasteiger partial charge on any atom is 0.0733 e. The molecule has 1 N–H and O–H groups in total. The first kappa shape index (κ1) is 10.8. The second-order valence-corrected chi connectivity index (χ2v) is 3.92. The zero-order chi connectivity index (χ0) is 11.5. The molecular weight excluding hydrogens is 200 g/mol. The fraction of sp³-hybridized carbons (Fsp3) is 0.417. The van der Waals surface area contributed by atoms with Crippen molar-refractivity contribution in [1.82, 2.24) is 14.5 Å². The van der Waals surface area contributed by atoms with Crippen LogP contribution in [0.4, 0.5) is 0 Å². The second-order valence-electron chi connectivity index (χ2n) is 3.92. The Kier molecular flexibility index (Phi) is 2.99. The Morgan fingerprint density at radius 2 is 1.88 bits per heavy atom. The van der Waals surface area contributed by atoms with E-state index in [1.807, 2.05) is 16.9 Å². The normalized spacial score (nSPS) is 10.7. The van der Waals surface area contributed by atoms with Crippen molar-refractivity contribution in [2.24, 2.45) is 0 Å². The molecule has 0 fully saturated rings. The summed E-state index contributed by atoms with van der Waals surface area (Å²) in [6.45, 7) is 7.99. The molecule has 0 bridgehead atoms. The van der Waals surface area contributed by atoms with Gasteiger partial charge in [0.2, 0.25) is 0 Å². The van der Waals surface area contributed by atoms with E-state index in [4.69, 9.17) is 0 Å². The Morgan fingerprint density at radius 1 is 1.19 bits per heavy atom. The maximum atomic E-state index is 4.25. The Balaban J connectivity index is 2.08. The summed E-state index contributed by atoms with van der Waals surface area (Å²) in [5, 5.41) is 4.25. The van der Waals surface area contributed by atoms with Gasteiger partial charge in [0.25, 0.3) is 0 Å². The van der Waals surface area contributed by atoms with Gasteiger partial charge in [-0.25, -0.2) is 0 Å². The van der Waals surface area contributed by atoms with E-state index in [9.17, 15) is 0 Å². The van der Waals surface area contributed by atoms with E-state index in [2.05, 4.69) is 48.1 Å². The van der Waals surface area contributed by atoms with Gasteiger partial charge in [0.05, 0.1) is 12.2 Å². The highest BCUT2D eigenvalue weighted by Crippen LogP contribution is 2.06. The maximum absolute atomic E-state index is 4.25. The van der Waals surface area contributed by atoms with E-state index < -0.39 is 0 Å². The van der Waals surface area contributed by atoms with Crippen LogP contribution in [-0.2, 0) is 13.1 Å². The van der Waals surface area contributed by atoms with E-state index in [0.29, 0.717) is 0 Å². The van der Waals surface area contributed by atoms with Gasteiger partial charge in [-0.2, -0.15) is 5.10 Å². The molecule has 0 spiro atoms. The fourth-order valence-electron chi connectivity index (χ4n) is 1.87. The van der Waals surface area contributed by atoms with Gasteiger partial charge in [0, 0.05) is 24.1 Å². The van der Waals surface area contributed by atoms with Crippen molar-refractivity contribution >= 4 is 0 Å². The number of aryl methyl sites for hydroxylation is 3. The molecule has 0 aromatic carbocycles. The Bertz CT molecular complexity index is 448. The number of aromatic nitrogens is 3. The van der Waals surface area contributed by atoms with Gasteiger partial charge in [-0.05, 0) is 39.0 Å². The molecule has 0 aliphatic rings. The Labute approximate surface area is 95.9 Å². The number of hydrogen-bond acceptors (Lipinski definition) is 2. The lowest BCUT2D eigenvalue weighted by molar-refractivity contribution is 0.616. The third kappa shape index (κ3) is 1.96. The molecule has 16 heavy (non-hydrogen) atoms. The zero-order valence-electron chi connectivity index (χ0n) is 10.1. The molecule has 0 atom stereocenters. The lowest BCUT2D eigenvalue weighted by atomic mass is 10.4. The number of rotatable bonds is 4. The predicted octanol–water partition coefficient (Wildman–Crippen LogP) is 2.07.